The number of nitrogens with one attached hydrogen (secondary N) is 1. The van der Waals surface area contributed by atoms with Crippen molar-refractivity contribution in [3.63, 3.8) is 0 Å². The number of fused-ring (bicyclic) bond motifs is 1. The van der Waals surface area contributed by atoms with Crippen LogP contribution in [0.2, 0.25) is 0 Å². The highest BCUT2D eigenvalue weighted by atomic mass is 16.7. The fourth-order valence-corrected chi connectivity index (χ4v) is 2.80. The number of hydrogen-bond donors (Lipinski definition) is 1. The van der Waals surface area contributed by atoms with Gasteiger partial charge in [-0.2, -0.15) is 0 Å². The second kappa shape index (κ2) is 10.2. The molecule has 1 amide bonds. The van der Waals surface area contributed by atoms with Crippen molar-refractivity contribution in [3.8, 4) is 23.0 Å². The van der Waals surface area contributed by atoms with Crippen molar-refractivity contribution in [1.29, 1.82) is 0 Å². The molecule has 3 rings (SSSR count). The summed E-state index contributed by atoms with van der Waals surface area (Å²) in [6.45, 7) is 0.237. The van der Waals surface area contributed by atoms with E-state index in [1.165, 1.54) is 6.08 Å². The Morgan fingerprint density at radius 2 is 1.83 bits per heavy atom. The van der Waals surface area contributed by atoms with Crippen molar-refractivity contribution in [3.05, 3.63) is 53.6 Å². The van der Waals surface area contributed by atoms with Crippen LogP contribution in [0.3, 0.4) is 0 Å². The van der Waals surface area contributed by atoms with Gasteiger partial charge in [0.2, 0.25) is 6.79 Å². The molecule has 0 aromatic heterocycles. The molecule has 0 bridgehead atoms. The summed E-state index contributed by atoms with van der Waals surface area (Å²) in [6.07, 6.45) is 3.44. The predicted octanol–water partition coefficient (Wildman–Crippen LogP) is 2.35. The molecular formula is C22H23NO7. The van der Waals surface area contributed by atoms with Gasteiger partial charge in [-0.3, -0.25) is 4.79 Å². The minimum absolute atomic E-state index is 0.186. The van der Waals surface area contributed by atoms with Crippen LogP contribution in [0.25, 0.3) is 6.08 Å². The fraction of sp³-hybridized carbons (Fsp3) is 0.273. The molecule has 0 atom stereocenters. The molecule has 1 aliphatic heterocycles. The van der Waals surface area contributed by atoms with Crippen LogP contribution >= 0.6 is 0 Å². The fourth-order valence-electron chi connectivity index (χ4n) is 2.80. The maximum absolute atomic E-state index is 11.9. The van der Waals surface area contributed by atoms with E-state index in [1.54, 1.807) is 38.5 Å². The molecule has 8 nitrogen and oxygen atoms in total. The molecule has 0 spiro atoms. The molecule has 1 N–H and O–H groups in total. The maximum Gasteiger partial charge on any atom is 0.331 e. The average molecular weight is 413 g/mol. The number of ether oxygens (including phenoxy) is 5. The molecule has 2 aromatic carbocycles. The van der Waals surface area contributed by atoms with E-state index >= 15 is 0 Å². The van der Waals surface area contributed by atoms with Crippen LogP contribution in [0.5, 0.6) is 23.0 Å². The minimum atomic E-state index is -0.609. The molecule has 2 aromatic rings. The lowest BCUT2D eigenvalue weighted by atomic mass is 10.1. The summed E-state index contributed by atoms with van der Waals surface area (Å²) >= 11 is 0. The second-order valence-electron chi connectivity index (χ2n) is 6.34. The summed E-state index contributed by atoms with van der Waals surface area (Å²) in [5.41, 5.74) is 1.74. The lowest BCUT2D eigenvalue weighted by molar-refractivity contribution is -0.143. The number of amides is 1. The maximum atomic E-state index is 11.9. The summed E-state index contributed by atoms with van der Waals surface area (Å²) in [5, 5.41) is 2.71. The van der Waals surface area contributed by atoms with Crippen LogP contribution in [0, 0.1) is 0 Å². The Morgan fingerprint density at radius 1 is 1.03 bits per heavy atom. The average Bonchev–Trinajstić information content (AvgIpc) is 3.24. The smallest absolute Gasteiger partial charge is 0.331 e. The van der Waals surface area contributed by atoms with Gasteiger partial charge >= 0.3 is 5.97 Å². The quantitative estimate of drug-likeness (QED) is 0.498. The Labute approximate surface area is 174 Å². The van der Waals surface area contributed by atoms with Crippen molar-refractivity contribution >= 4 is 18.0 Å². The van der Waals surface area contributed by atoms with Crippen molar-refractivity contribution in [2.24, 2.45) is 0 Å². The van der Waals surface area contributed by atoms with Gasteiger partial charge in [0, 0.05) is 12.6 Å². The monoisotopic (exact) mass is 413 g/mol. The normalized spacial score (nSPS) is 11.9. The van der Waals surface area contributed by atoms with Gasteiger partial charge in [-0.1, -0.05) is 12.1 Å². The highest BCUT2D eigenvalue weighted by molar-refractivity contribution is 5.89. The van der Waals surface area contributed by atoms with Crippen LogP contribution in [-0.2, 0) is 20.7 Å². The summed E-state index contributed by atoms with van der Waals surface area (Å²) < 4.78 is 25.9. The molecule has 1 heterocycles. The van der Waals surface area contributed by atoms with Gasteiger partial charge < -0.3 is 29.0 Å². The Kier molecular flexibility index (Phi) is 7.15. The Balaban J connectivity index is 1.38. The second-order valence-corrected chi connectivity index (χ2v) is 6.34. The first kappa shape index (κ1) is 21.0. The summed E-state index contributed by atoms with van der Waals surface area (Å²) in [5.74, 6) is 1.58. The predicted molar refractivity (Wildman–Crippen MR) is 109 cm³/mol. The SMILES string of the molecule is COc1ccc(CCNC(=O)COC(=O)/C=C/c2ccc3c(c2)OCO3)cc1OC. The topological polar surface area (TPSA) is 92.3 Å². The summed E-state index contributed by atoms with van der Waals surface area (Å²) in [4.78, 5) is 23.7. The molecule has 1 aliphatic rings. The van der Waals surface area contributed by atoms with Crippen LogP contribution < -0.4 is 24.3 Å². The van der Waals surface area contributed by atoms with E-state index in [0.29, 0.717) is 36.0 Å². The lowest BCUT2D eigenvalue weighted by Gasteiger charge is -2.10. The largest absolute Gasteiger partial charge is 0.493 e. The molecule has 0 saturated carbocycles. The first-order valence-corrected chi connectivity index (χ1v) is 9.31. The number of hydrogen-bond acceptors (Lipinski definition) is 7. The Bertz CT molecular complexity index is 939. The number of carbonyl (C=O) groups excluding carboxylic acids is 2. The van der Waals surface area contributed by atoms with Crippen molar-refractivity contribution < 1.29 is 33.3 Å². The zero-order valence-electron chi connectivity index (χ0n) is 16.8. The highest BCUT2D eigenvalue weighted by Gasteiger charge is 2.12. The number of carbonyl (C=O) groups is 2. The minimum Gasteiger partial charge on any atom is -0.493 e. The van der Waals surface area contributed by atoms with Gasteiger partial charge in [0.15, 0.2) is 29.6 Å². The molecule has 30 heavy (non-hydrogen) atoms. The third kappa shape index (κ3) is 5.66. The summed E-state index contributed by atoms with van der Waals surface area (Å²) in [6, 6.07) is 10.9. The van der Waals surface area contributed by atoms with E-state index < -0.39 is 5.97 Å². The van der Waals surface area contributed by atoms with Gasteiger partial charge in [-0.05, 0) is 47.9 Å². The van der Waals surface area contributed by atoms with Gasteiger partial charge in [0.1, 0.15) is 0 Å². The van der Waals surface area contributed by atoms with E-state index in [-0.39, 0.29) is 19.3 Å². The lowest BCUT2D eigenvalue weighted by Crippen LogP contribution is -2.30. The van der Waals surface area contributed by atoms with Crippen LogP contribution in [-0.4, -0.2) is 46.0 Å². The van der Waals surface area contributed by atoms with Crippen molar-refractivity contribution in [1.82, 2.24) is 5.32 Å². The third-order valence-electron chi connectivity index (χ3n) is 4.34. The molecule has 158 valence electrons. The van der Waals surface area contributed by atoms with E-state index in [9.17, 15) is 9.59 Å². The Hall–Kier alpha value is -3.68. The molecular weight excluding hydrogens is 390 g/mol. The van der Waals surface area contributed by atoms with Gasteiger partial charge in [0.25, 0.3) is 5.91 Å². The van der Waals surface area contributed by atoms with Crippen LogP contribution in [0.1, 0.15) is 11.1 Å². The van der Waals surface area contributed by atoms with Crippen LogP contribution in [0.15, 0.2) is 42.5 Å². The first-order valence-electron chi connectivity index (χ1n) is 9.31. The highest BCUT2D eigenvalue weighted by Crippen LogP contribution is 2.32. The molecule has 0 unspecified atom stereocenters. The number of benzene rings is 2. The van der Waals surface area contributed by atoms with Crippen molar-refractivity contribution in [2.45, 2.75) is 6.42 Å². The Morgan fingerprint density at radius 3 is 2.63 bits per heavy atom. The van der Waals surface area contributed by atoms with E-state index in [1.807, 2.05) is 18.2 Å². The summed E-state index contributed by atoms with van der Waals surface area (Å²) in [7, 11) is 3.14. The van der Waals surface area contributed by atoms with E-state index in [2.05, 4.69) is 5.32 Å². The first-order chi connectivity index (χ1) is 14.6. The van der Waals surface area contributed by atoms with Crippen LogP contribution in [0.4, 0.5) is 0 Å². The molecule has 0 aliphatic carbocycles. The molecule has 0 radical (unpaired) electrons. The standard InChI is InChI=1S/C22H23NO7/c1-26-17-6-3-16(11-19(17)27-2)9-10-23-21(24)13-28-22(25)8-5-15-4-7-18-20(12-15)30-14-29-18/h3-8,11-12H,9-10,13-14H2,1-2H3,(H,23,24)/b8-5+. The number of esters is 1. The van der Waals surface area contributed by atoms with Crippen molar-refractivity contribution in [2.75, 3.05) is 34.2 Å². The van der Waals surface area contributed by atoms with E-state index in [0.717, 1.165) is 11.1 Å². The molecule has 0 fully saturated rings. The van der Waals surface area contributed by atoms with Gasteiger partial charge in [-0.25, -0.2) is 4.79 Å². The van der Waals surface area contributed by atoms with Gasteiger partial charge in [0.05, 0.1) is 14.2 Å². The number of rotatable bonds is 9. The zero-order valence-corrected chi connectivity index (χ0v) is 16.8. The zero-order chi connectivity index (χ0) is 21.3. The van der Waals surface area contributed by atoms with Gasteiger partial charge in [-0.15, -0.1) is 0 Å². The third-order valence-corrected chi connectivity index (χ3v) is 4.34. The molecule has 0 saturated heterocycles. The number of methoxy groups -OCH3 is 2. The molecule has 8 heteroatoms. The van der Waals surface area contributed by atoms with E-state index in [4.69, 9.17) is 23.7 Å².